The van der Waals surface area contributed by atoms with E-state index < -0.39 is 14.6 Å². The lowest BCUT2D eigenvalue weighted by atomic mass is 10.3. The fraction of sp³-hybridized carbons (Fsp3) is 0.632. The molecule has 1 aromatic rings. The first kappa shape index (κ1) is 24.0. The highest BCUT2D eigenvalue weighted by Crippen LogP contribution is 2.19. The Morgan fingerprint density at radius 2 is 1.93 bits per heavy atom. The van der Waals surface area contributed by atoms with Crippen molar-refractivity contribution in [1.82, 2.24) is 10.6 Å². The molecule has 1 heterocycles. The number of nitrogens with one attached hydrogen (secondary N) is 2. The predicted octanol–water partition coefficient (Wildman–Crippen LogP) is 2.65. The Bertz CT molecular complexity index is 702. The summed E-state index contributed by atoms with van der Waals surface area (Å²) in [5.74, 6) is 0.755. The Hall–Kier alpha value is -1.03. The lowest BCUT2D eigenvalue weighted by Gasteiger charge is -2.21. The van der Waals surface area contributed by atoms with Gasteiger partial charge in [-0.15, -0.1) is 24.0 Å². The highest BCUT2D eigenvalue weighted by Gasteiger charge is 2.28. The van der Waals surface area contributed by atoms with Gasteiger partial charge in [0, 0.05) is 31.4 Å². The van der Waals surface area contributed by atoms with Gasteiger partial charge < -0.3 is 15.5 Å². The van der Waals surface area contributed by atoms with E-state index in [1.54, 1.807) is 20.8 Å². The van der Waals surface area contributed by atoms with Crippen LogP contribution in [0.25, 0.3) is 0 Å². The molecule has 0 aromatic heterocycles. The van der Waals surface area contributed by atoms with Crippen molar-refractivity contribution in [3.8, 4) is 0 Å². The van der Waals surface area contributed by atoms with Crippen molar-refractivity contribution < 1.29 is 8.42 Å². The van der Waals surface area contributed by atoms with Gasteiger partial charge in [-0.1, -0.05) is 18.2 Å². The number of sulfone groups is 1. The number of aliphatic imine (C=N–C) groups is 1. The smallest absolute Gasteiger partial charge is 0.191 e. The van der Waals surface area contributed by atoms with Gasteiger partial charge >= 0.3 is 0 Å². The monoisotopic (exact) mass is 508 g/mol. The van der Waals surface area contributed by atoms with Crippen LogP contribution in [0.1, 0.15) is 34.1 Å². The van der Waals surface area contributed by atoms with Crippen LogP contribution in [0.15, 0.2) is 35.3 Å². The van der Waals surface area contributed by atoms with E-state index in [4.69, 9.17) is 0 Å². The average molecular weight is 508 g/mol. The van der Waals surface area contributed by atoms with E-state index in [2.05, 4.69) is 44.8 Å². The molecule has 0 saturated carbocycles. The SMILES string of the molecule is CCNC(=NCCS(=O)(=O)C(C)(C)C)NC1CCN(c2ccccc2)C1.I. The third-order valence-corrected chi connectivity index (χ3v) is 7.14. The van der Waals surface area contributed by atoms with Crippen LogP contribution < -0.4 is 15.5 Å². The highest BCUT2D eigenvalue weighted by atomic mass is 127. The maximum atomic E-state index is 12.2. The molecule has 8 heteroatoms. The molecule has 1 fully saturated rings. The topological polar surface area (TPSA) is 73.8 Å². The highest BCUT2D eigenvalue weighted by molar-refractivity contribution is 14.0. The number of anilines is 1. The Labute approximate surface area is 181 Å². The molecule has 1 saturated heterocycles. The van der Waals surface area contributed by atoms with E-state index in [1.807, 2.05) is 13.0 Å². The third kappa shape index (κ3) is 7.14. The molecule has 154 valence electrons. The zero-order chi connectivity index (χ0) is 19.2. The maximum absolute atomic E-state index is 12.2. The van der Waals surface area contributed by atoms with Crippen LogP contribution in [0.5, 0.6) is 0 Å². The van der Waals surface area contributed by atoms with E-state index in [0.29, 0.717) is 12.0 Å². The summed E-state index contributed by atoms with van der Waals surface area (Å²) in [4.78, 5) is 6.82. The molecule has 0 spiro atoms. The molecular formula is C19H33IN4O2S. The van der Waals surface area contributed by atoms with E-state index in [1.165, 1.54) is 5.69 Å². The molecule has 2 N–H and O–H groups in total. The normalized spacial score (nSPS) is 18.1. The van der Waals surface area contributed by atoms with Crippen LogP contribution in [0.3, 0.4) is 0 Å². The largest absolute Gasteiger partial charge is 0.369 e. The minimum absolute atomic E-state index is 0. The van der Waals surface area contributed by atoms with Gasteiger partial charge in [-0.25, -0.2) is 8.42 Å². The molecule has 1 aliphatic rings. The summed E-state index contributed by atoms with van der Waals surface area (Å²) in [5, 5.41) is 6.66. The predicted molar refractivity (Wildman–Crippen MR) is 125 cm³/mol. The van der Waals surface area contributed by atoms with E-state index in [9.17, 15) is 8.42 Å². The van der Waals surface area contributed by atoms with Crippen molar-refractivity contribution in [1.29, 1.82) is 0 Å². The molecule has 0 radical (unpaired) electrons. The van der Waals surface area contributed by atoms with Gasteiger partial charge in [-0.3, -0.25) is 4.99 Å². The minimum atomic E-state index is -3.15. The number of rotatable bonds is 6. The summed E-state index contributed by atoms with van der Waals surface area (Å²) in [7, 11) is -3.15. The van der Waals surface area contributed by atoms with Crippen molar-refractivity contribution >= 4 is 45.5 Å². The van der Waals surface area contributed by atoms with Gasteiger partial charge in [0.05, 0.1) is 17.0 Å². The fourth-order valence-electron chi connectivity index (χ4n) is 2.85. The molecule has 0 aliphatic carbocycles. The summed E-state index contributed by atoms with van der Waals surface area (Å²) in [6.45, 7) is 10.1. The Morgan fingerprint density at radius 3 is 2.52 bits per heavy atom. The van der Waals surface area contributed by atoms with Crippen LogP contribution in [0, 0.1) is 0 Å². The van der Waals surface area contributed by atoms with Crippen molar-refractivity contribution in [2.24, 2.45) is 4.99 Å². The summed E-state index contributed by atoms with van der Waals surface area (Å²) in [5.41, 5.74) is 1.23. The summed E-state index contributed by atoms with van der Waals surface area (Å²) in [6, 6.07) is 10.7. The molecule has 1 aromatic carbocycles. The Balaban J connectivity index is 0.00000364. The number of nitrogens with zero attached hydrogens (tertiary/aromatic N) is 2. The first-order valence-corrected chi connectivity index (χ1v) is 11.0. The Kier molecular flexibility index (Phi) is 9.33. The number of halogens is 1. The number of guanidine groups is 1. The quantitative estimate of drug-likeness (QED) is 0.351. The Morgan fingerprint density at radius 1 is 1.26 bits per heavy atom. The summed E-state index contributed by atoms with van der Waals surface area (Å²) < 4.78 is 23.7. The van der Waals surface area contributed by atoms with E-state index >= 15 is 0 Å². The molecular weight excluding hydrogens is 475 g/mol. The van der Waals surface area contributed by atoms with Crippen LogP contribution in [-0.4, -0.2) is 57.1 Å². The standard InChI is InChI=1S/C19H32N4O2S.HI/c1-5-20-18(21-12-14-26(24,25)19(2,3)4)22-16-11-13-23(15-16)17-9-7-6-8-10-17;/h6-10,16H,5,11-15H2,1-4H3,(H2,20,21,22);1H. The van der Waals surface area contributed by atoms with E-state index in [0.717, 1.165) is 26.1 Å². The van der Waals surface area contributed by atoms with Crippen LogP contribution in [-0.2, 0) is 9.84 Å². The zero-order valence-corrected chi connectivity index (χ0v) is 19.9. The van der Waals surface area contributed by atoms with Gasteiger partial charge in [0.15, 0.2) is 15.8 Å². The van der Waals surface area contributed by atoms with E-state index in [-0.39, 0.29) is 36.3 Å². The van der Waals surface area contributed by atoms with Crippen LogP contribution in [0.2, 0.25) is 0 Å². The minimum Gasteiger partial charge on any atom is -0.369 e. The molecule has 1 aliphatic heterocycles. The molecule has 27 heavy (non-hydrogen) atoms. The van der Waals surface area contributed by atoms with Crippen LogP contribution in [0.4, 0.5) is 5.69 Å². The van der Waals surface area contributed by atoms with Crippen molar-refractivity contribution in [2.75, 3.05) is 36.8 Å². The molecule has 1 atom stereocenters. The number of benzene rings is 1. The summed E-state index contributed by atoms with van der Waals surface area (Å²) in [6.07, 6.45) is 1.03. The fourth-order valence-corrected chi connectivity index (χ4v) is 3.79. The third-order valence-electron chi connectivity index (χ3n) is 4.56. The molecule has 6 nitrogen and oxygen atoms in total. The van der Waals surface area contributed by atoms with Crippen molar-refractivity contribution in [2.45, 2.75) is 44.9 Å². The lowest BCUT2D eigenvalue weighted by molar-refractivity contribution is 0.560. The van der Waals surface area contributed by atoms with Gasteiger partial charge in [0.1, 0.15) is 0 Å². The molecule has 1 unspecified atom stereocenters. The average Bonchev–Trinajstić information content (AvgIpc) is 3.03. The first-order chi connectivity index (χ1) is 12.2. The van der Waals surface area contributed by atoms with Crippen molar-refractivity contribution in [3.05, 3.63) is 30.3 Å². The second-order valence-corrected chi connectivity index (χ2v) is 10.5. The van der Waals surface area contributed by atoms with Gasteiger partial charge in [-0.05, 0) is 46.2 Å². The van der Waals surface area contributed by atoms with Crippen molar-refractivity contribution in [3.63, 3.8) is 0 Å². The lowest BCUT2D eigenvalue weighted by Crippen LogP contribution is -2.45. The second-order valence-electron chi connectivity index (χ2n) is 7.60. The van der Waals surface area contributed by atoms with Gasteiger partial charge in [-0.2, -0.15) is 0 Å². The number of hydrogen-bond donors (Lipinski definition) is 2. The zero-order valence-electron chi connectivity index (χ0n) is 16.7. The molecule has 2 rings (SSSR count). The van der Waals surface area contributed by atoms with Crippen LogP contribution >= 0.6 is 24.0 Å². The first-order valence-electron chi connectivity index (χ1n) is 9.30. The number of para-hydroxylation sites is 1. The van der Waals surface area contributed by atoms with Gasteiger partial charge in [0.2, 0.25) is 0 Å². The number of hydrogen-bond acceptors (Lipinski definition) is 4. The maximum Gasteiger partial charge on any atom is 0.191 e. The van der Waals surface area contributed by atoms with Gasteiger partial charge in [0.25, 0.3) is 0 Å². The molecule has 0 bridgehead atoms. The summed E-state index contributed by atoms with van der Waals surface area (Å²) >= 11 is 0. The second kappa shape index (κ2) is 10.5. The molecule has 0 amide bonds.